The van der Waals surface area contributed by atoms with Crippen LogP contribution >= 0.6 is 0 Å². The Kier molecular flexibility index (Phi) is 30.6. The molecule has 37 N–H and O–H groups in total. The summed E-state index contributed by atoms with van der Waals surface area (Å²) in [5.74, 6) is 0. The smallest absolute Gasteiger partial charge is 0.407 e. The summed E-state index contributed by atoms with van der Waals surface area (Å²) in [6.45, 7) is -8.24. The van der Waals surface area contributed by atoms with Crippen LogP contribution in [0.1, 0.15) is 0 Å². The lowest BCUT2D eigenvalue weighted by atomic mass is 9.93. The average Bonchev–Trinajstić information content (AvgIpc) is 0.781. The van der Waals surface area contributed by atoms with Crippen molar-refractivity contribution in [3.8, 4) is 0 Å². The molecule has 0 radical (unpaired) electrons. The number of amides is 1. The van der Waals surface area contributed by atoms with E-state index in [-0.39, 0.29) is 0 Å². The molecule has 48 heteroatoms. The van der Waals surface area contributed by atoms with Crippen LogP contribution in [0.15, 0.2) is 0 Å². The fourth-order valence-electron chi connectivity index (χ4n) is 13.7. The molecule has 606 valence electrons. The van der Waals surface area contributed by atoms with Crippen molar-refractivity contribution >= 4 is 6.09 Å². The molecule has 9 saturated heterocycles. The van der Waals surface area contributed by atoms with Crippen molar-refractivity contribution in [1.29, 1.82) is 0 Å². The molecule has 0 unspecified atom stereocenters. The van der Waals surface area contributed by atoms with E-state index in [0.717, 1.165) is 7.11 Å². The van der Waals surface area contributed by atoms with Gasteiger partial charge in [0.2, 0.25) is 0 Å². The Morgan fingerprint density at radius 3 is 0.702 bits per heavy atom. The molecule has 9 heterocycles. The van der Waals surface area contributed by atoms with E-state index < -0.39 is 341 Å². The van der Waals surface area contributed by atoms with Crippen molar-refractivity contribution in [3.63, 3.8) is 0 Å². The van der Waals surface area contributed by atoms with Crippen LogP contribution in [0.5, 0.6) is 0 Å². The normalized spacial score (nSPS) is 52.0. The first-order valence-corrected chi connectivity index (χ1v) is 33.4. The first-order chi connectivity index (χ1) is 49.4. The zero-order chi connectivity index (χ0) is 76.4. The van der Waals surface area contributed by atoms with E-state index in [2.05, 4.69) is 5.32 Å². The van der Waals surface area contributed by atoms with Gasteiger partial charge in [-0.15, -0.1) is 0 Å². The summed E-state index contributed by atoms with van der Waals surface area (Å²) >= 11 is 0. The van der Waals surface area contributed by atoms with Gasteiger partial charge < -0.3 is 239 Å². The number of hydrogen-bond acceptors (Lipinski definition) is 47. The van der Waals surface area contributed by atoms with E-state index in [1.165, 1.54) is 0 Å². The number of ether oxygens (including phenoxy) is 18. The lowest BCUT2D eigenvalue weighted by Crippen LogP contribution is -2.71. The third-order valence-corrected chi connectivity index (χ3v) is 19.9. The number of nitrogens with two attached hydrogens (primary N) is 8. The molecule has 9 fully saturated rings. The monoisotopic (exact) mass is 1530 g/mol. The molecular formula is C56H103N9O39. The van der Waals surface area contributed by atoms with Crippen molar-refractivity contribution in [2.75, 3.05) is 66.6 Å². The van der Waals surface area contributed by atoms with Gasteiger partial charge in [0, 0.05) is 0 Å². The van der Waals surface area contributed by atoms with Gasteiger partial charge in [-0.2, -0.15) is 0 Å². The first-order valence-electron chi connectivity index (χ1n) is 33.4. The summed E-state index contributed by atoms with van der Waals surface area (Å²) in [7, 11) is 0.957. The largest absolute Gasteiger partial charge is 0.453 e. The number of carbonyl (C=O) groups is 1. The molecule has 0 aromatic carbocycles. The molecule has 0 bridgehead atoms. The SMILES string of the molecule is COC(=O)N[C@@H]1[C@@H](O[C@H]2[C@H](O)[C@@H](N)[C@H](O[C@H]3[C@H](O)[C@@H](N)[C@H](O)O[C@@H]3CO)O[C@@H]2CO)O[C@@H](CO)[C@H](O[C@@H]2O[C@H](CO)[C@@H](O[C@@H]3O[C@H](CO)[C@@H](O[C@@H]4O[C@H](CO)[C@@H](O[C@@H]5O[C@H](CO)[C@@H](O[C@@H]6O[C@H](CO)[C@@H](O[C@@H]7O[C@H](CO)[C@@H](O)[C@H](O)[C@H]7N)[C@H](O)[C@H]6N)[C@H](O)[C@H]5N)[C@H](O)[C@H]4N)[C@H](O)[C@H]3N)[C@H](O)[C@H]2N)[C@H]1O. The van der Waals surface area contributed by atoms with E-state index in [0.29, 0.717) is 0 Å². The summed E-state index contributed by atoms with van der Waals surface area (Å²) < 4.78 is 104. The van der Waals surface area contributed by atoms with Gasteiger partial charge >= 0.3 is 6.09 Å². The molecule has 0 aromatic rings. The highest BCUT2D eigenvalue weighted by molar-refractivity contribution is 5.67. The van der Waals surface area contributed by atoms with Gasteiger partial charge in [0.05, 0.1) is 115 Å². The minimum atomic E-state index is -2.04. The Hall–Kier alpha value is -2.53. The van der Waals surface area contributed by atoms with Crippen molar-refractivity contribution in [2.45, 2.75) is 276 Å². The third-order valence-electron chi connectivity index (χ3n) is 19.9. The topological polar surface area (TPSA) is 808 Å². The summed E-state index contributed by atoms with van der Waals surface area (Å²) in [5, 5.41) is 219. The van der Waals surface area contributed by atoms with E-state index in [4.69, 9.17) is 131 Å². The van der Waals surface area contributed by atoms with Crippen molar-refractivity contribution in [2.24, 2.45) is 45.9 Å². The Morgan fingerprint density at radius 1 is 0.269 bits per heavy atom. The fraction of sp³-hybridized carbons (Fsp3) is 0.982. The van der Waals surface area contributed by atoms with Gasteiger partial charge in [0.25, 0.3) is 0 Å². The average molecular weight is 1530 g/mol. The van der Waals surface area contributed by atoms with Gasteiger partial charge in [-0.1, -0.05) is 0 Å². The van der Waals surface area contributed by atoms with Crippen LogP contribution < -0.4 is 51.2 Å². The van der Waals surface area contributed by atoms with Crippen LogP contribution in [0, 0.1) is 0 Å². The van der Waals surface area contributed by atoms with Gasteiger partial charge in [0.15, 0.2) is 56.6 Å². The Morgan fingerprint density at radius 2 is 0.462 bits per heavy atom. The highest BCUT2D eigenvalue weighted by Crippen LogP contribution is 2.39. The number of alkyl carbamates (subject to hydrolysis) is 1. The highest BCUT2D eigenvalue weighted by atomic mass is 16.8. The molecule has 9 rings (SSSR count). The van der Waals surface area contributed by atoms with E-state index in [9.17, 15) is 107 Å². The van der Waals surface area contributed by atoms with Crippen LogP contribution in [0.2, 0.25) is 0 Å². The maximum absolute atomic E-state index is 12.8. The van der Waals surface area contributed by atoms with Crippen LogP contribution in [0.3, 0.4) is 0 Å². The summed E-state index contributed by atoms with van der Waals surface area (Å²) in [6.07, 6.45) is -62.6. The molecule has 9 aliphatic rings. The Bertz CT molecular complexity index is 2620. The van der Waals surface area contributed by atoms with Crippen molar-refractivity contribution < 1.29 is 192 Å². The quantitative estimate of drug-likeness (QED) is 0.0382. The van der Waals surface area contributed by atoms with Crippen LogP contribution in [-0.2, 0) is 85.3 Å². The van der Waals surface area contributed by atoms with Gasteiger partial charge in [-0.3, -0.25) is 0 Å². The molecule has 0 spiro atoms. The van der Waals surface area contributed by atoms with Crippen molar-refractivity contribution in [3.05, 3.63) is 0 Å². The molecule has 104 heavy (non-hydrogen) atoms. The molecule has 0 aliphatic carbocycles. The minimum Gasteiger partial charge on any atom is -0.453 e. The lowest BCUT2D eigenvalue weighted by molar-refractivity contribution is -0.372. The second-order valence-electron chi connectivity index (χ2n) is 26.5. The maximum atomic E-state index is 12.8. The maximum Gasteiger partial charge on any atom is 0.407 e. The second-order valence-corrected chi connectivity index (χ2v) is 26.5. The molecule has 45 atom stereocenters. The molecular weight excluding hydrogens is 1420 g/mol. The Labute approximate surface area is 590 Å². The van der Waals surface area contributed by atoms with Gasteiger partial charge in [-0.25, -0.2) is 4.79 Å². The predicted molar refractivity (Wildman–Crippen MR) is 326 cm³/mol. The zero-order valence-electron chi connectivity index (χ0n) is 55.7. The third kappa shape index (κ3) is 17.7. The van der Waals surface area contributed by atoms with Gasteiger partial charge in [-0.05, 0) is 0 Å². The second kappa shape index (κ2) is 37.2. The van der Waals surface area contributed by atoms with Crippen LogP contribution in [0.25, 0.3) is 0 Å². The molecule has 48 nitrogen and oxygen atoms in total. The number of methoxy groups -OCH3 is 1. The number of aliphatic hydroxyl groups excluding tert-OH is 20. The number of rotatable bonds is 26. The Balaban J connectivity index is 0.794. The fourth-order valence-corrected chi connectivity index (χ4v) is 13.7. The zero-order valence-corrected chi connectivity index (χ0v) is 55.7. The standard InChI is InChI=1S/C56H103N9O39/c1-87-56(86)65-28-38(84)46(19(10-74)96-55(28)104-45-18(9-73)95-49(27(64)37(45)83)97-39-12(3-67)88-47(85)20(57)31(39)77)103-54-26(63)36(82)44(17(8-72)94-54)102-53-25(62)35(81)43(16(7-71)93-53)101-52-24(61)34(80)42(15(6-70)92-52)100-51-23(60)33(79)41(14(5-69)91-51)99-50-22(59)32(78)40(13(4-68)90-50)98-48-21(58)30(76)29(75)11(2-66)89-48/h11-55,66-85H,2-10,57-64H2,1H3,(H,65,86)/t11-,12-,13-,14-,15-,16-,17-,18-,19+,20-,21-,22-,23-,24-,25-,26-,27-,28+,29-,30-,31-,32-,33-,34-,35-,36-,37-,38+,39-,40-,41-,42-,43-,44-,45-,46+,47-,48+,49+,50+,51+,52+,53+,54+,55-/m1/s1. The lowest BCUT2D eigenvalue weighted by Gasteiger charge is -2.51. The number of hydrogen-bond donors (Lipinski definition) is 29. The number of aliphatic hydroxyl groups is 20. The molecule has 1 amide bonds. The summed E-state index contributed by atoms with van der Waals surface area (Å²) in [6, 6.07) is -14.6. The molecule has 0 saturated carbocycles. The van der Waals surface area contributed by atoms with Crippen molar-refractivity contribution in [1.82, 2.24) is 5.32 Å². The van der Waals surface area contributed by atoms with Crippen LogP contribution in [-0.4, -0.2) is 451 Å². The van der Waals surface area contributed by atoms with E-state index in [1.54, 1.807) is 0 Å². The highest BCUT2D eigenvalue weighted by Gasteiger charge is 2.60. The predicted octanol–water partition coefficient (Wildman–Crippen LogP) is -20.5. The summed E-state index contributed by atoms with van der Waals surface area (Å²) in [5.41, 5.74) is 50.2. The van der Waals surface area contributed by atoms with E-state index >= 15 is 0 Å². The molecule has 0 aromatic heterocycles. The molecule has 9 aliphatic heterocycles. The number of carbonyl (C=O) groups excluding carboxylic acids is 1. The van der Waals surface area contributed by atoms with Crippen LogP contribution in [0.4, 0.5) is 4.79 Å². The number of nitrogens with one attached hydrogen (secondary N) is 1. The van der Waals surface area contributed by atoms with E-state index in [1.807, 2.05) is 0 Å². The van der Waals surface area contributed by atoms with Gasteiger partial charge in [0.1, 0.15) is 171 Å². The first kappa shape index (κ1) is 85.5. The minimum absolute atomic E-state index is 0.762. The summed E-state index contributed by atoms with van der Waals surface area (Å²) in [4.78, 5) is 12.8.